The van der Waals surface area contributed by atoms with E-state index >= 15 is 0 Å². The summed E-state index contributed by atoms with van der Waals surface area (Å²) in [6, 6.07) is 10.7. The van der Waals surface area contributed by atoms with Crippen molar-refractivity contribution in [2.24, 2.45) is 0 Å². The molecule has 1 fully saturated rings. The van der Waals surface area contributed by atoms with Crippen molar-refractivity contribution in [3.63, 3.8) is 0 Å². The average molecular weight is 423 g/mol. The summed E-state index contributed by atoms with van der Waals surface area (Å²) in [7, 11) is 0. The van der Waals surface area contributed by atoms with Gasteiger partial charge in [-0.25, -0.2) is 0 Å². The van der Waals surface area contributed by atoms with Crippen LogP contribution in [0.2, 0.25) is 0 Å². The number of fused-ring (bicyclic) bond motifs is 1. The fourth-order valence-corrected chi connectivity index (χ4v) is 5.60. The number of nitrogen functional groups attached to an aromatic ring is 1. The lowest BCUT2D eigenvalue weighted by Gasteiger charge is -2.42. The van der Waals surface area contributed by atoms with Gasteiger partial charge in [0.2, 0.25) is 5.91 Å². The van der Waals surface area contributed by atoms with Crippen molar-refractivity contribution >= 4 is 28.6 Å². The van der Waals surface area contributed by atoms with Gasteiger partial charge in [0.15, 0.2) is 0 Å². The fraction of sp³-hybridized carbons (Fsp3) is 0.440. The van der Waals surface area contributed by atoms with Crippen LogP contribution in [0.25, 0.3) is 11.1 Å². The highest BCUT2D eigenvalue weighted by Gasteiger charge is 2.37. The number of carbonyl (C=O) groups excluding carboxylic acids is 2. The number of nitrogens with two attached hydrogens (primary N) is 1. The third-order valence-corrected chi connectivity index (χ3v) is 7.77. The summed E-state index contributed by atoms with van der Waals surface area (Å²) >= 11 is 1.05. The maximum Gasteiger partial charge on any atom is 0.286 e. The second-order valence-electron chi connectivity index (χ2n) is 9.99. The van der Waals surface area contributed by atoms with Gasteiger partial charge >= 0.3 is 0 Å². The maximum absolute atomic E-state index is 11.9. The number of hydrogen-bond donors (Lipinski definition) is 2. The molecule has 3 N–H and O–H groups in total. The average Bonchev–Trinajstić information content (AvgIpc) is 2.96. The number of hydrogen-bond acceptors (Lipinski definition) is 4. The monoisotopic (exact) mass is 422 g/mol. The molecule has 0 radical (unpaired) electrons. The minimum atomic E-state index is -0.378. The molecule has 1 unspecified atom stereocenters. The van der Waals surface area contributed by atoms with E-state index in [0.717, 1.165) is 22.9 Å². The largest absolute Gasteiger partial charge is 0.398 e. The van der Waals surface area contributed by atoms with E-state index in [1.54, 1.807) is 0 Å². The normalized spacial score (nSPS) is 22.0. The van der Waals surface area contributed by atoms with E-state index in [4.69, 9.17) is 5.73 Å². The summed E-state index contributed by atoms with van der Waals surface area (Å²) in [4.78, 5) is 23.3. The molecule has 5 heteroatoms. The Balaban J connectivity index is 1.71. The molecule has 0 bridgehead atoms. The van der Waals surface area contributed by atoms with Crippen molar-refractivity contribution < 1.29 is 9.59 Å². The Morgan fingerprint density at radius 3 is 2.20 bits per heavy atom. The van der Waals surface area contributed by atoms with Crippen LogP contribution < -0.4 is 11.1 Å². The van der Waals surface area contributed by atoms with Crippen LogP contribution in [0.3, 0.4) is 0 Å². The molecule has 1 aliphatic carbocycles. The van der Waals surface area contributed by atoms with E-state index in [1.165, 1.54) is 35.1 Å². The Labute approximate surface area is 183 Å². The van der Waals surface area contributed by atoms with Crippen LogP contribution in [-0.4, -0.2) is 16.4 Å². The third kappa shape index (κ3) is 3.64. The minimum absolute atomic E-state index is 0.140. The highest BCUT2D eigenvalue weighted by Crippen LogP contribution is 2.48. The van der Waals surface area contributed by atoms with E-state index in [1.807, 2.05) is 12.1 Å². The first kappa shape index (κ1) is 21.0. The summed E-state index contributed by atoms with van der Waals surface area (Å²) in [5.41, 5.74) is 14.8. The molecule has 4 rings (SSSR count). The van der Waals surface area contributed by atoms with Crippen LogP contribution in [-0.2, 0) is 22.0 Å². The maximum atomic E-state index is 11.9. The number of rotatable bonds is 3. The van der Waals surface area contributed by atoms with E-state index in [0.29, 0.717) is 12.1 Å². The molecule has 1 atom stereocenters. The van der Waals surface area contributed by atoms with Crippen molar-refractivity contribution in [2.45, 2.75) is 70.0 Å². The van der Waals surface area contributed by atoms with Crippen LogP contribution in [0, 0.1) is 6.92 Å². The van der Waals surface area contributed by atoms with Crippen LogP contribution in [0.5, 0.6) is 0 Å². The third-order valence-electron chi connectivity index (χ3n) is 6.79. The second-order valence-corrected chi connectivity index (χ2v) is 11.2. The van der Waals surface area contributed by atoms with E-state index in [-0.39, 0.29) is 27.2 Å². The van der Waals surface area contributed by atoms with Gasteiger partial charge in [-0.05, 0) is 77.0 Å². The summed E-state index contributed by atoms with van der Waals surface area (Å²) in [6.07, 6.45) is 2.86. The number of benzene rings is 2. The molecule has 30 heavy (non-hydrogen) atoms. The molecule has 0 spiro atoms. The van der Waals surface area contributed by atoms with Gasteiger partial charge in [0, 0.05) is 11.3 Å². The first-order valence-electron chi connectivity index (χ1n) is 10.5. The van der Waals surface area contributed by atoms with Gasteiger partial charge in [-0.15, -0.1) is 0 Å². The minimum Gasteiger partial charge on any atom is -0.398 e. The van der Waals surface area contributed by atoms with Gasteiger partial charge in [-0.2, -0.15) is 0 Å². The molecule has 158 valence electrons. The second kappa shape index (κ2) is 7.16. The van der Waals surface area contributed by atoms with Gasteiger partial charge in [0.1, 0.15) is 0 Å². The highest BCUT2D eigenvalue weighted by molar-refractivity contribution is 8.15. The summed E-state index contributed by atoms with van der Waals surface area (Å²) in [5.74, 6) is -0.219. The van der Waals surface area contributed by atoms with E-state index < -0.39 is 0 Å². The van der Waals surface area contributed by atoms with Gasteiger partial charge in [-0.3, -0.25) is 14.9 Å². The van der Waals surface area contributed by atoms with Crippen LogP contribution in [0.15, 0.2) is 30.3 Å². The Kier molecular flexibility index (Phi) is 5.00. The Hall–Kier alpha value is -2.27. The first-order chi connectivity index (χ1) is 14.0. The summed E-state index contributed by atoms with van der Waals surface area (Å²) in [6.45, 7) is 11.5. The zero-order chi connectivity index (χ0) is 21.8. The number of thioether (sulfide) groups is 1. The Bertz CT molecular complexity index is 1060. The predicted molar refractivity (Wildman–Crippen MR) is 125 cm³/mol. The van der Waals surface area contributed by atoms with Crippen molar-refractivity contribution in [3.05, 3.63) is 52.6 Å². The number of nitrogens with one attached hydrogen (secondary N) is 1. The van der Waals surface area contributed by atoms with Crippen LogP contribution in [0.1, 0.15) is 62.8 Å². The Morgan fingerprint density at radius 2 is 1.63 bits per heavy atom. The van der Waals surface area contributed by atoms with Crippen LogP contribution >= 0.6 is 11.8 Å². The zero-order valence-corrected chi connectivity index (χ0v) is 19.2. The molecule has 2 aromatic rings. The molecular weight excluding hydrogens is 392 g/mol. The smallest absolute Gasteiger partial charge is 0.286 e. The number of imide groups is 1. The molecule has 1 saturated heterocycles. The lowest BCUT2D eigenvalue weighted by molar-refractivity contribution is -0.118. The number of carbonyl (C=O) groups is 2. The molecule has 0 aromatic heterocycles. The molecule has 2 amide bonds. The molecule has 1 aliphatic heterocycles. The van der Waals surface area contributed by atoms with Gasteiger partial charge in [0.25, 0.3) is 5.24 Å². The molecule has 4 nitrogen and oxygen atoms in total. The van der Waals surface area contributed by atoms with Crippen molar-refractivity contribution in [3.8, 4) is 11.1 Å². The standard InChI is InChI=1S/C25H30N2O2S/c1-14-10-18-19(25(4,5)9-8-24(18,2)3)13-17(14)16-7-6-15(11-20(16)26)12-21-22(28)27-23(29)30-21/h6-7,10-11,13,21H,8-9,12,26H2,1-5H3,(H,27,28,29). The zero-order valence-electron chi connectivity index (χ0n) is 18.4. The highest BCUT2D eigenvalue weighted by atomic mass is 32.2. The lowest BCUT2D eigenvalue weighted by Crippen LogP contribution is -2.34. The van der Waals surface area contributed by atoms with Crippen molar-refractivity contribution in [1.29, 1.82) is 0 Å². The molecule has 2 aliphatic rings. The quantitative estimate of drug-likeness (QED) is 0.642. The van der Waals surface area contributed by atoms with Gasteiger partial charge < -0.3 is 5.73 Å². The summed E-state index contributed by atoms with van der Waals surface area (Å²) in [5, 5.41) is 1.69. The molecular formula is C25H30N2O2S. The van der Waals surface area contributed by atoms with Crippen LogP contribution in [0.4, 0.5) is 10.5 Å². The van der Waals surface area contributed by atoms with Gasteiger partial charge in [-0.1, -0.05) is 57.7 Å². The number of anilines is 1. The fourth-order valence-electron chi connectivity index (χ4n) is 4.74. The number of amides is 2. The predicted octanol–water partition coefficient (Wildman–Crippen LogP) is 5.49. The molecule has 1 heterocycles. The lowest BCUT2D eigenvalue weighted by atomic mass is 9.62. The Morgan fingerprint density at radius 1 is 1.00 bits per heavy atom. The molecule has 2 aromatic carbocycles. The SMILES string of the molecule is Cc1cc2c(cc1-c1ccc(CC3SC(=O)NC3=O)cc1N)C(C)(C)CCC2(C)C. The van der Waals surface area contributed by atoms with Crippen molar-refractivity contribution in [1.82, 2.24) is 5.32 Å². The summed E-state index contributed by atoms with van der Waals surface area (Å²) < 4.78 is 0. The topological polar surface area (TPSA) is 72.2 Å². The first-order valence-corrected chi connectivity index (χ1v) is 11.4. The van der Waals surface area contributed by atoms with E-state index in [2.05, 4.69) is 58.1 Å². The number of aryl methyl sites for hydroxylation is 1. The molecule has 0 saturated carbocycles. The van der Waals surface area contributed by atoms with E-state index in [9.17, 15) is 9.59 Å². The van der Waals surface area contributed by atoms with Crippen molar-refractivity contribution in [2.75, 3.05) is 5.73 Å². The van der Waals surface area contributed by atoms with Gasteiger partial charge in [0.05, 0.1) is 5.25 Å².